The van der Waals surface area contributed by atoms with Crippen molar-refractivity contribution in [1.82, 2.24) is 15.1 Å². The number of hydrogen-bond donors (Lipinski definition) is 2. The van der Waals surface area contributed by atoms with Crippen LogP contribution in [0.25, 0.3) is 0 Å². The molecule has 6 nitrogen and oxygen atoms in total. The van der Waals surface area contributed by atoms with Crippen molar-refractivity contribution in [2.24, 2.45) is 0 Å². The third kappa shape index (κ3) is 4.67. The van der Waals surface area contributed by atoms with Gasteiger partial charge in [0.1, 0.15) is 11.4 Å². The van der Waals surface area contributed by atoms with Crippen molar-refractivity contribution >= 4 is 34.8 Å². The van der Waals surface area contributed by atoms with Crippen LogP contribution in [0.2, 0.25) is 4.34 Å². The fourth-order valence-electron chi connectivity index (χ4n) is 2.85. The summed E-state index contributed by atoms with van der Waals surface area (Å²) in [6.45, 7) is 7.01. The quantitative estimate of drug-likeness (QED) is 0.796. The van der Waals surface area contributed by atoms with Crippen molar-refractivity contribution in [3.05, 3.63) is 33.1 Å². The average molecular weight is 383 g/mol. The van der Waals surface area contributed by atoms with E-state index in [0.717, 1.165) is 33.6 Å². The first-order chi connectivity index (χ1) is 11.8. The maximum Gasteiger partial charge on any atom is 0.410 e. The minimum absolute atomic E-state index is 0.0194. The summed E-state index contributed by atoms with van der Waals surface area (Å²) in [5.74, 6) is 0.760. The molecular formula is C17H23ClN4O2S. The number of H-pyrrole nitrogens is 1. The third-order valence-corrected chi connectivity index (χ3v) is 5.14. The van der Waals surface area contributed by atoms with Crippen molar-refractivity contribution < 1.29 is 9.53 Å². The number of anilines is 1. The van der Waals surface area contributed by atoms with Gasteiger partial charge in [-0.1, -0.05) is 11.6 Å². The second-order valence-electron chi connectivity index (χ2n) is 7.10. The Morgan fingerprint density at radius 1 is 1.52 bits per heavy atom. The van der Waals surface area contributed by atoms with Crippen LogP contribution < -0.4 is 5.32 Å². The van der Waals surface area contributed by atoms with E-state index in [1.807, 2.05) is 39.0 Å². The van der Waals surface area contributed by atoms with Crippen molar-refractivity contribution in [1.29, 1.82) is 0 Å². The van der Waals surface area contributed by atoms with Crippen molar-refractivity contribution in [2.45, 2.75) is 51.8 Å². The predicted molar refractivity (Wildman–Crippen MR) is 100 cm³/mol. The van der Waals surface area contributed by atoms with E-state index in [9.17, 15) is 4.79 Å². The Morgan fingerprint density at radius 3 is 3.00 bits per heavy atom. The van der Waals surface area contributed by atoms with Gasteiger partial charge in [0.25, 0.3) is 0 Å². The highest BCUT2D eigenvalue weighted by Crippen LogP contribution is 2.33. The molecule has 136 valence electrons. The summed E-state index contributed by atoms with van der Waals surface area (Å²) in [6.07, 6.45) is 1.59. The zero-order valence-electron chi connectivity index (χ0n) is 14.6. The molecule has 1 unspecified atom stereocenters. The normalized spacial score (nSPS) is 17.8. The van der Waals surface area contributed by atoms with Gasteiger partial charge in [-0.2, -0.15) is 5.10 Å². The summed E-state index contributed by atoms with van der Waals surface area (Å²) >= 11 is 7.49. The fraction of sp³-hybridized carbons (Fsp3) is 0.529. The number of aromatic nitrogens is 2. The lowest BCUT2D eigenvalue weighted by Crippen LogP contribution is -2.36. The molecule has 1 atom stereocenters. The van der Waals surface area contributed by atoms with Gasteiger partial charge in [-0.05, 0) is 45.7 Å². The average Bonchev–Trinajstić information content (AvgIpc) is 3.23. The summed E-state index contributed by atoms with van der Waals surface area (Å²) < 4.78 is 6.29. The number of amides is 1. The molecule has 3 rings (SSSR count). The molecule has 0 aromatic carbocycles. The summed E-state index contributed by atoms with van der Waals surface area (Å²) in [5.41, 5.74) is 0.433. The molecule has 1 aliphatic rings. The van der Waals surface area contributed by atoms with Gasteiger partial charge in [0.2, 0.25) is 0 Å². The minimum atomic E-state index is -0.493. The van der Waals surface area contributed by atoms with Gasteiger partial charge < -0.3 is 10.1 Å². The van der Waals surface area contributed by atoms with E-state index < -0.39 is 5.60 Å². The second kappa shape index (κ2) is 7.25. The molecule has 0 spiro atoms. The van der Waals surface area contributed by atoms with Crippen LogP contribution in [0, 0.1) is 0 Å². The molecule has 1 fully saturated rings. The lowest BCUT2D eigenvalue weighted by atomic mass is 10.1. The Labute approximate surface area is 156 Å². The van der Waals surface area contributed by atoms with Crippen LogP contribution in [0.4, 0.5) is 10.6 Å². The first-order valence-corrected chi connectivity index (χ1v) is 9.54. The number of nitrogens with zero attached hydrogens (tertiary/aromatic N) is 2. The number of rotatable bonds is 4. The maximum atomic E-state index is 12.4. The molecule has 2 aromatic heterocycles. The Morgan fingerprint density at radius 2 is 2.32 bits per heavy atom. The van der Waals surface area contributed by atoms with E-state index in [4.69, 9.17) is 16.3 Å². The van der Waals surface area contributed by atoms with Crippen LogP contribution in [-0.2, 0) is 11.3 Å². The smallest absolute Gasteiger partial charge is 0.410 e. The lowest BCUT2D eigenvalue weighted by Gasteiger charge is -2.28. The number of halogens is 1. The van der Waals surface area contributed by atoms with Crippen LogP contribution in [0.3, 0.4) is 0 Å². The van der Waals surface area contributed by atoms with E-state index >= 15 is 0 Å². The van der Waals surface area contributed by atoms with Crippen LogP contribution in [0.1, 0.15) is 50.2 Å². The van der Waals surface area contributed by atoms with Gasteiger partial charge in [-0.25, -0.2) is 4.79 Å². The maximum absolute atomic E-state index is 12.4. The van der Waals surface area contributed by atoms with Gasteiger partial charge in [-0.3, -0.25) is 10.00 Å². The second-order valence-corrected chi connectivity index (χ2v) is 8.90. The zero-order chi connectivity index (χ0) is 18.0. The van der Waals surface area contributed by atoms with Crippen molar-refractivity contribution in [3.8, 4) is 0 Å². The SMILES string of the molecule is CC(C)(C)OC(=O)N1CCCC1c1cc(NCc2ccc(Cl)s2)n[nH]1. The van der Waals surface area contributed by atoms with Crippen LogP contribution in [0.5, 0.6) is 0 Å². The van der Waals surface area contributed by atoms with Crippen molar-refractivity contribution in [2.75, 3.05) is 11.9 Å². The largest absolute Gasteiger partial charge is 0.444 e. The molecule has 1 aliphatic heterocycles. The van der Waals surface area contributed by atoms with Crippen LogP contribution >= 0.6 is 22.9 Å². The molecule has 1 amide bonds. The summed E-state index contributed by atoms with van der Waals surface area (Å²) in [5, 5.41) is 10.6. The molecule has 0 saturated carbocycles. The van der Waals surface area contributed by atoms with E-state index in [-0.39, 0.29) is 12.1 Å². The van der Waals surface area contributed by atoms with Crippen molar-refractivity contribution in [3.63, 3.8) is 0 Å². The highest BCUT2D eigenvalue weighted by Gasteiger charge is 2.34. The molecule has 3 heterocycles. The van der Waals surface area contributed by atoms with Gasteiger partial charge in [0.05, 0.1) is 22.6 Å². The Kier molecular flexibility index (Phi) is 5.24. The van der Waals surface area contributed by atoms with E-state index in [1.54, 1.807) is 16.2 Å². The molecule has 0 aliphatic carbocycles. The van der Waals surface area contributed by atoms with Gasteiger partial charge in [-0.15, -0.1) is 11.3 Å². The van der Waals surface area contributed by atoms with Crippen LogP contribution in [0.15, 0.2) is 18.2 Å². The van der Waals surface area contributed by atoms with Crippen LogP contribution in [-0.4, -0.2) is 33.3 Å². The monoisotopic (exact) mass is 382 g/mol. The standard InChI is InChI=1S/C17H23ClN4O2S/c1-17(2,3)24-16(23)22-8-4-5-13(22)12-9-15(21-20-12)19-10-11-6-7-14(18)25-11/h6-7,9,13H,4-5,8,10H2,1-3H3,(H2,19,20,21). The number of hydrogen-bond acceptors (Lipinski definition) is 5. The van der Waals surface area contributed by atoms with E-state index in [2.05, 4.69) is 15.5 Å². The number of aromatic amines is 1. The number of nitrogens with one attached hydrogen (secondary N) is 2. The molecule has 8 heteroatoms. The predicted octanol–water partition coefficient (Wildman–Crippen LogP) is 4.81. The minimum Gasteiger partial charge on any atom is -0.444 e. The fourth-order valence-corrected chi connectivity index (χ4v) is 3.88. The first-order valence-electron chi connectivity index (χ1n) is 8.35. The lowest BCUT2D eigenvalue weighted by molar-refractivity contribution is 0.0221. The number of ether oxygens (including phenoxy) is 1. The summed E-state index contributed by atoms with van der Waals surface area (Å²) in [4.78, 5) is 15.3. The van der Waals surface area contributed by atoms with E-state index in [1.165, 1.54) is 0 Å². The molecule has 0 bridgehead atoms. The zero-order valence-corrected chi connectivity index (χ0v) is 16.2. The Balaban J connectivity index is 1.63. The summed E-state index contributed by atoms with van der Waals surface area (Å²) in [7, 11) is 0. The number of carbonyl (C=O) groups excluding carboxylic acids is 1. The van der Waals surface area contributed by atoms with Gasteiger partial charge in [0.15, 0.2) is 0 Å². The summed E-state index contributed by atoms with van der Waals surface area (Å²) in [6, 6.07) is 5.82. The number of likely N-dealkylation sites (tertiary alicyclic amines) is 1. The molecular weight excluding hydrogens is 360 g/mol. The molecule has 0 radical (unpaired) electrons. The first kappa shape index (κ1) is 18.1. The highest BCUT2D eigenvalue weighted by atomic mass is 35.5. The molecule has 1 saturated heterocycles. The van der Waals surface area contributed by atoms with Gasteiger partial charge in [0, 0.05) is 17.5 Å². The number of thiophene rings is 1. The Bertz CT molecular complexity index is 737. The molecule has 2 N–H and O–H groups in total. The highest BCUT2D eigenvalue weighted by molar-refractivity contribution is 7.16. The van der Waals surface area contributed by atoms with Gasteiger partial charge >= 0.3 is 6.09 Å². The third-order valence-electron chi connectivity index (χ3n) is 3.91. The van der Waals surface area contributed by atoms with E-state index in [0.29, 0.717) is 13.1 Å². The molecule has 25 heavy (non-hydrogen) atoms. The number of carbonyl (C=O) groups is 1. The Hall–Kier alpha value is -1.73. The topological polar surface area (TPSA) is 70.2 Å². The molecule has 2 aromatic rings.